The van der Waals surface area contributed by atoms with Crippen LogP contribution in [-0.4, -0.2) is 10.1 Å². The van der Waals surface area contributed by atoms with Crippen molar-refractivity contribution in [3.63, 3.8) is 0 Å². The second-order valence-corrected chi connectivity index (χ2v) is 4.53. The average Bonchev–Trinajstić information content (AvgIpc) is 2.30. The third-order valence-corrected chi connectivity index (χ3v) is 2.80. The summed E-state index contributed by atoms with van der Waals surface area (Å²) >= 11 is 5.81. The highest BCUT2D eigenvalue weighted by molar-refractivity contribution is 6.30. The predicted molar refractivity (Wildman–Crippen MR) is 68.9 cm³/mol. The fourth-order valence-corrected chi connectivity index (χ4v) is 1.95. The van der Waals surface area contributed by atoms with Crippen molar-refractivity contribution in [3.8, 4) is 0 Å². The highest BCUT2D eigenvalue weighted by Crippen LogP contribution is 2.28. The fraction of sp³-hybridized carbons (Fsp3) is 0.154. The van der Waals surface area contributed by atoms with Crippen LogP contribution in [0, 0.1) is 12.7 Å². The zero-order valence-electron chi connectivity index (χ0n) is 9.69. The molecular weight excluding hydrogens is 255 g/mol. The lowest BCUT2D eigenvalue weighted by molar-refractivity contribution is 0.220. The number of nitrogens with zero attached hydrogens (tertiary/aromatic N) is 1. The number of pyridine rings is 1. The molecule has 0 saturated carbocycles. The molecule has 0 aliphatic carbocycles. The molecule has 0 radical (unpaired) electrons. The van der Waals surface area contributed by atoms with Crippen molar-refractivity contribution in [1.29, 1.82) is 0 Å². The molecule has 5 heteroatoms. The number of hydrogen-bond acceptors (Lipinski definition) is 3. The largest absolute Gasteiger partial charge is 0.384 e. The van der Waals surface area contributed by atoms with Crippen LogP contribution in [0.25, 0.3) is 0 Å². The number of aromatic nitrogens is 1. The summed E-state index contributed by atoms with van der Waals surface area (Å²) in [7, 11) is 0. The summed E-state index contributed by atoms with van der Waals surface area (Å²) in [6, 6.07) is 5.86. The smallest absolute Gasteiger partial charge is 0.129 e. The van der Waals surface area contributed by atoms with Gasteiger partial charge in [0.15, 0.2) is 0 Å². The molecule has 0 spiro atoms. The van der Waals surface area contributed by atoms with Crippen LogP contribution in [0.4, 0.5) is 10.2 Å². The lowest BCUT2D eigenvalue weighted by Crippen LogP contribution is -2.06. The van der Waals surface area contributed by atoms with Gasteiger partial charge in [-0.05, 0) is 36.2 Å². The molecule has 1 unspecified atom stereocenters. The molecule has 1 heterocycles. The van der Waals surface area contributed by atoms with E-state index in [4.69, 9.17) is 17.3 Å². The second-order valence-electron chi connectivity index (χ2n) is 4.09. The third-order valence-electron chi connectivity index (χ3n) is 2.59. The van der Waals surface area contributed by atoms with E-state index in [1.54, 1.807) is 13.0 Å². The van der Waals surface area contributed by atoms with Crippen molar-refractivity contribution in [2.45, 2.75) is 13.0 Å². The molecule has 1 aromatic carbocycles. The highest BCUT2D eigenvalue weighted by Gasteiger charge is 2.16. The molecule has 0 saturated heterocycles. The number of benzene rings is 1. The summed E-state index contributed by atoms with van der Waals surface area (Å²) in [6.45, 7) is 1.75. The van der Waals surface area contributed by atoms with Crippen molar-refractivity contribution in [1.82, 2.24) is 4.98 Å². The Morgan fingerprint density at radius 1 is 1.33 bits per heavy atom. The molecule has 2 aromatic rings. The van der Waals surface area contributed by atoms with E-state index in [1.165, 1.54) is 24.4 Å². The Labute approximate surface area is 109 Å². The summed E-state index contributed by atoms with van der Waals surface area (Å²) in [5, 5.41) is 10.6. The molecule has 94 valence electrons. The van der Waals surface area contributed by atoms with Crippen molar-refractivity contribution in [2.24, 2.45) is 0 Å². The molecule has 3 N–H and O–H groups in total. The van der Waals surface area contributed by atoms with Gasteiger partial charge in [-0.15, -0.1) is 0 Å². The number of hydrogen-bond donors (Lipinski definition) is 2. The van der Waals surface area contributed by atoms with Gasteiger partial charge in [-0.2, -0.15) is 0 Å². The van der Waals surface area contributed by atoms with Gasteiger partial charge >= 0.3 is 0 Å². The van der Waals surface area contributed by atoms with Gasteiger partial charge in [0.05, 0.1) is 5.02 Å². The van der Waals surface area contributed by atoms with Gasteiger partial charge in [0.25, 0.3) is 0 Å². The van der Waals surface area contributed by atoms with E-state index < -0.39 is 11.9 Å². The molecule has 2 rings (SSSR count). The Hall–Kier alpha value is -1.65. The van der Waals surface area contributed by atoms with Gasteiger partial charge in [0.2, 0.25) is 0 Å². The van der Waals surface area contributed by atoms with Crippen LogP contribution in [0.3, 0.4) is 0 Å². The van der Waals surface area contributed by atoms with Crippen molar-refractivity contribution >= 4 is 17.4 Å². The number of nitrogen functional groups attached to an aromatic ring is 1. The highest BCUT2D eigenvalue weighted by atomic mass is 35.5. The maximum absolute atomic E-state index is 13.3. The number of aryl methyl sites for hydroxylation is 1. The van der Waals surface area contributed by atoms with Crippen LogP contribution in [0.5, 0.6) is 0 Å². The zero-order valence-corrected chi connectivity index (χ0v) is 10.4. The Morgan fingerprint density at radius 2 is 2.06 bits per heavy atom. The van der Waals surface area contributed by atoms with Crippen molar-refractivity contribution in [3.05, 3.63) is 58.0 Å². The van der Waals surface area contributed by atoms with Crippen LogP contribution < -0.4 is 5.73 Å². The maximum Gasteiger partial charge on any atom is 0.129 e. The zero-order chi connectivity index (χ0) is 13.3. The lowest BCUT2D eigenvalue weighted by atomic mass is 10.0. The van der Waals surface area contributed by atoms with E-state index in [9.17, 15) is 9.50 Å². The summed E-state index contributed by atoms with van der Waals surface area (Å²) in [5.74, 6) is -0.230. The van der Waals surface area contributed by atoms with Crippen LogP contribution in [-0.2, 0) is 0 Å². The van der Waals surface area contributed by atoms with E-state index in [0.717, 1.165) is 5.56 Å². The summed E-state index contributed by atoms with van der Waals surface area (Å²) < 4.78 is 13.3. The number of aliphatic hydroxyl groups is 1. The topological polar surface area (TPSA) is 59.1 Å². The second kappa shape index (κ2) is 4.92. The van der Waals surface area contributed by atoms with Gasteiger partial charge in [-0.3, -0.25) is 0 Å². The first-order valence-electron chi connectivity index (χ1n) is 5.33. The summed E-state index contributed by atoms with van der Waals surface area (Å²) in [6.07, 6.45) is 0.342. The number of anilines is 1. The monoisotopic (exact) mass is 266 g/mol. The first-order chi connectivity index (χ1) is 8.47. The van der Waals surface area contributed by atoms with Gasteiger partial charge in [0, 0.05) is 11.8 Å². The minimum atomic E-state index is -1.05. The summed E-state index contributed by atoms with van der Waals surface area (Å²) in [5.41, 5.74) is 7.19. The number of halogens is 2. The maximum atomic E-state index is 13.3. The Kier molecular flexibility index (Phi) is 3.50. The van der Waals surface area contributed by atoms with Crippen LogP contribution in [0.15, 0.2) is 30.5 Å². The van der Waals surface area contributed by atoms with Gasteiger partial charge in [0.1, 0.15) is 17.7 Å². The predicted octanol–water partition coefficient (Wildman–Crippen LogP) is 2.85. The minimum Gasteiger partial charge on any atom is -0.384 e. The molecule has 0 bridgehead atoms. The van der Waals surface area contributed by atoms with E-state index in [1.807, 2.05) is 0 Å². The number of nitrogens with two attached hydrogens (primary N) is 1. The van der Waals surface area contributed by atoms with Crippen molar-refractivity contribution < 1.29 is 9.50 Å². The van der Waals surface area contributed by atoms with E-state index in [2.05, 4.69) is 4.98 Å². The Balaban J connectivity index is 2.47. The number of aliphatic hydroxyl groups excluding tert-OH is 1. The Morgan fingerprint density at radius 3 is 2.72 bits per heavy atom. The van der Waals surface area contributed by atoms with Gasteiger partial charge < -0.3 is 10.8 Å². The Bertz CT molecular complexity index is 569. The number of rotatable bonds is 2. The molecule has 0 amide bonds. The average molecular weight is 267 g/mol. The van der Waals surface area contributed by atoms with Gasteiger partial charge in [-0.25, -0.2) is 9.37 Å². The molecule has 3 nitrogen and oxygen atoms in total. The van der Waals surface area contributed by atoms with Crippen molar-refractivity contribution in [2.75, 3.05) is 5.73 Å². The van der Waals surface area contributed by atoms with Gasteiger partial charge in [-0.1, -0.05) is 17.7 Å². The first-order valence-corrected chi connectivity index (χ1v) is 5.71. The normalized spacial score (nSPS) is 12.4. The molecule has 0 aliphatic heterocycles. The third kappa shape index (κ3) is 2.60. The first kappa shape index (κ1) is 12.8. The molecule has 0 aliphatic rings. The standard InChI is InChI=1S/C13H12ClFN2O/c1-7-2-8(4-10(15)3-7)12(18)11-5-9(14)6-17-13(11)16/h2-6,12,18H,1H3,(H2,16,17). The summed E-state index contributed by atoms with van der Waals surface area (Å²) in [4.78, 5) is 3.86. The minimum absolute atomic E-state index is 0.175. The quantitative estimate of drug-likeness (QED) is 0.879. The van der Waals surface area contributed by atoms with E-state index >= 15 is 0 Å². The van der Waals surface area contributed by atoms with Crippen LogP contribution in [0.1, 0.15) is 22.8 Å². The molecular formula is C13H12ClFN2O. The van der Waals surface area contributed by atoms with Crippen LogP contribution >= 0.6 is 11.6 Å². The molecule has 1 atom stereocenters. The molecule has 0 fully saturated rings. The van der Waals surface area contributed by atoms with E-state index in [0.29, 0.717) is 16.1 Å². The lowest BCUT2D eigenvalue weighted by Gasteiger charge is -2.14. The SMILES string of the molecule is Cc1cc(F)cc(C(O)c2cc(Cl)cnc2N)c1. The van der Waals surface area contributed by atoms with Crippen LogP contribution in [0.2, 0.25) is 5.02 Å². The fourth-order valence-electron chi connectivity index (χ4n) is 1.79. The molecule has 1 aromatic heterocycles. The molecule has 18 heavy (non-hydrogen) atoms. The van der Waals surface area contributed by atoms with E-state index in [-0.39, 0.29) is 5.82 Å².